The van der Waals surface area contributed by atoms with Gasteiger partial charge in [-0.2, -0.15) is 0 Å². The smallest absolute Gasteiger partial charge is 0.323 e. The maximum Gasteiger partial charge on any atom is 0.323 e. The molecule has 1 aliphatic rings. The minimum atomic E-state index is -1.90. The first-order valence-corrected chi connectivity index (χ1v) is 14.3. The number of para-hydroxylation sites is 1. The highest BCUT2D eigenvalue weighted by atomic mass is 32.4. The number of anilines is 2. The summed E-state index contributed by atoms with van der Waals surface area (Å²) in [5.74, 6) is -0.273. The molecule has 0 saturated carbocycles. The second-order valence-corrected chi connectivity index (χ2v) is 13.8. The van der Waals surface area contributed by atoms with Crippen LogP contribution in [-0.4, -0.2) is 43.0 Å². The average Bonchev–Trinajstić information content (AvgIpc) is 3.25. The van der Waals surface area contributed by atoms with Gasteiger partial charge in [0.2, 0.25) is 0 Å². The molecule has 1 aromatic heterocycles. The standard InChI is InChI=1S/C25H27N4O2PS/c1-31-25(30)23(12-18-13-26-20-9-3-2-8-19(18)20)29-16-32(33)14-27-21-10-4-6-17-7-5-11-22(24(17)21)28-15-32/h2-11,13,23,26-29H,12,14-16H2,1H3. The van der Waals surface area contributed by atoms with Crippen molar-refractivity contribution in [3.8, 4) is 0 Å². The van der Waals surface area contributed by atoms with Crippen molar-refractivity contribution in [3.63, 3.8) is 0 Å². The summed E-state index contributed by atoms with van der Waals surface area (Å²) in [5, 5.41) is 14.2. The number of hydrogen-bond acceptors (Lipinski definition) is 6. The molecule has 0 bridgehead atoms. The lowest BCUT2D eigenvalue weighted by molar-refractivity contribution is -0.142. The summed E-state index contributed by atoms with van der Waals surface area (Å²) in [6.45, 7) is 0. The Labute approximate surface area is 198 Å². The van der Waals surface area contributed by atoms with E-state index in [9.17, 15) is 4.79 Å². The molecule has 1 atom stereocenters. The van der Waals surface area contributed by atoms with Gasteiger partial charge in [-0.25, -0.2) is 0 Å². The number of benzene rings is 3. The van der Waals surface area contributed by atoms with Crippen LogP contribution in [0.1, 0.15) is 5.56 Å². The molecule has 33 heavy (non-hydrogen) atoms. The number of hydrogen-bond donors (Lipinski definition) is 4. The summed E-state index contributed by atoms with van der Waals surface area (Å²) in [4.78, 5) is 15.9. The highest BCUT2D eigenvalue weighted by Gasteiger charge is 2.26. The lowest BCUT2D eigenvalue weighted by Crippen LogP contribution is -2.40. The molecule has 5 rings (SSSR count). The van der Waals surface area contributed by atoms with Gasteiger partial charge in [-0.3, -0.25) is 10.1 Å². The average molecular weight is 479 g/mol. The number of methoxy groups -OCH3 is 1. The molecular weight excluding hydrogens is 451 g/mol. The third-order valence-electron chi connectivity index (χ3n) is 6.23. The Morgan fingerprint density at radius 1 is 1.06 bits per heavy atom. The lowest BCUT2D eigenvalue weighted by Gasteiger charge is -2.29. The molecule has 0 amide bonds. The number of nitrogens with one attached hydrogen (secondary N) is 4. The van der Waals surface area contributed by atoms with Crippen molar-refractivity contribution in [1.82, 2.24) is 10.3 Å². The Morgan fingerprint density at radius 2 is 1.76 bits per heavy atom. The van der Waals surface area contributed by atoms with Crippen LogP contribution in [0.3, 0.4) is 0 Å². The predicted octanol–water partition coefficient (Wildman–Crippen LogP) is 4.88. The normalized spacial score (nSPS) is 15.8. The van der Waals surface area contributed by atoms with E-state index in [1.165, 1.54) is 17.9 Å². The minimum absolute atomic E-state index is 0.273. The summed E-state index contributed by atoms with van der Waals surface area (Å²) in [7, 11) is 1.43. The van der Waals surface area contributed by atoms with E-state index < -0.39 is 12.1 Å². The summed E-state index contributed by atoms with van der Waals surface area (Å²) >= 11 is 6.17. The number of fused-ring (bicyclic) bond motifs is 1. The van der Waals surface area contributed by atoms with Gasteiger partial charge in [-0.05, 0) is 29.1 Å². The summed E-state index contributed by atoms with van der Waals surface area (Å²) in [6.07, 6.45) is 4.50. The van der Waals surface area contributed by atoms with Crippen molar-refractivity contribution in [3.05, 3.63) is 72.4 Å². The summed E-state index contributed by atoms with van der Waals surface area (Å²) in [5.41, 5.74) is 4.32. The van der Waals surface area contributed by atoms with Crippen molar-refractivity contribution in [2.75, 3.05) is 36.6 Å². The first-order valence-electron chi connectivity index (χ1n) is 11.0. The zero-order valence-electron chi connectivity index (χ0n) is 18.4. The van der Waals surface area contributed by atoms with E-state index in [1.54, 1.807) is 0 Å². The number of esters is 1. The molecular formula is C25H27N4O2PS. The number of H-pyrrole nitrogens is 1. The molecule has 2 heterocycles. The Balaban J connectivity index is 1.34. The molecule has 0 saturated heterocycles. The third-order valence-corrected chi connectivity index (χ3v) is 9.62. The molecule has 0 radical (unpaired) electrons. The van der Waals surface area contributed by atoms with E-state index in [4.69, 9.17) is 16.5 Å². The molecule has 8 heteroatoms. The van der Waals surface area contributed by atoms with Crippen LogP contribution in [-0.2, 0) is 27.8 Å². The van der Waals surface area contributed by atoms with Crippen LogP contribution in [0.5, 0.6) is 0 Å². The first kappa shape index (κ1) is 22.0. The molecule has 170 valence electrons. The summed E-state index contributed by atoms with van der Waals surface area (Å²) in [6, 6.07) is 18.3. The molecule has 4 aromatic rings. The zero-order chi connectivity index (χ0) is 22.8. The lowest BCUT2D eigenvalue weighted by atomic mass is 10.1. The molecule has 1 aliphatic heterocycles. The highest BCUT2D eigenvalue weighted by Crippen LogP contribution is 2.47. The predicted molar refractivity (Wildman–Crippen MR) is 141 cm³/mol. The first-order chi connectivity index (χ1) is 16.1. The van der Waals surface area contributed by atoms with Crippen molar-refractivity contribution in [2.45, 2.75) is 12.5 Å². The van der Waals surface area contributed by atoms with Gasteiger partial charge in [0.05, 0.1) is 7.11 Å². The number of ether oxygens (including phenoxy) is 1. The van der Waals surface area contributed by atoms with Crippen molar-refractivity contribution in [1.29, 1.82) is 0 Å². The van der Waals surface area contributed by atoms with Gasteiger partial charge in [0.25, 0.3) is 0 Å². The molecule has 4 N–H and O–H groups in total. The van der Waals surface area contributed by atoms with E-state index in [0.29, 0.717) is 25.3 Å². The fourth-order valence-corrected chi connectivity index (χ4v) is 6.86. The van der Waals surface area contributed by atoms with Crippen LogP contribution in [0, 0.1) is 0 Å². The zero-order valence-corrected chi connectivity index (χ0v) is 20.1. The Morgan fingerprint density at radius 3 is 2.45 bits per heavy atom. The molecule has 0 spiro atoms. The maximum absolute atomic E-state index is 12.6. The molecule has 0 fully saturated rings. The SMILES string of the molecule is COC(=O)C(Cc1c[nH]c2ccccc12)NCP1(=S)CNc2cccc3cccc(c23)NC1. The fraction of sp³-hybridized carbons (Fsp3) is 0.240. The number of carbonyl (C=O) groups excluding carboxylic acids is 1. The number of carbonyl (C=O) groups is 1. The van der Waals surface area contributed by atoms with Crippen molar-refractivity contribution >= 4 is 56.9 Å². The molecule has 3 aromatic carbocycles. The van der Waals surface area contributed by atoms with Gasteiger partial charge in [0.15, 0.2) is 0 Å². The molecule has 6 nitrogen and oxygen atoms in total. The van der Waals surface area contributed by atoms with Crippen LogP contribution < -0.4 is 16.0 Å². The Kier molecular flexibility index (Phi) is 6.11. The number of aromatic nitrogens is 1. The number of rotatable bonds is 6. The van der Waals surface area contributed by atoms with Gasteiger partial charge in [0.1, 0.15) is 6.04 Å². The van der Waals surface area contributed by atoms with E-state index in [-0.39, 0.29) is 5.97 Å². The second kappa shape index (κ2) is 9.18. The van der Waals surface area contributed by atoms with Crippen LogP contribution in [0.4, 0.5) is 11.4 Å². The van der Waals surface area contributed by atoms with Crippen molar-refractivity contribution < 1.29 is 9.53 Å². The topological polar surface area (TPSA) is 78.2 Å². The van der Waals surface area contributed by atoms with Gasteiger partial charge < -0.3 is 20.4 Å². The third kappa shape index (κ3) is 4.49. The van der Waals surface area contributed by atoms with Gasteiger partial charge in [0, 0.05) is 65.2 Å². The van der Waals surface area contributed by atoms with Crippen LogP contribution in [0.25, 0.3) is 21.7 Å². The largest absolute Gasteiger partial charge is 0.468 e. The number of aromatic amines is 1. The van der Waals surface area contributed by atoms with Crippen LogP contribution >= 0.6 is 6.04 Å². The second-order valence-electron chi connectivity index (χ2n) is 8.44. The monoisotopic (exact) mass is 478 g/mol. The van der Waals surface area contributed by atoms with Gasteiger partial charge in [-0.1, -0.05) is 54.3 Å². The van der Waals surface area contributed by atoms with Gasteiger partial charge in [-0.15, -0.1) is 0 Å². The highest BCUT2D eigenvalue weighted by molar-refractivity contribution is 8.14. The van der Waals surface area contributed by atoms with E-state index >= 15 is 0 Å². The van der Waals surface area contributed by atoms with E-state index in [2.05, 4.69) is 63.4 Å². The fourth-order valence-electron chi connectivity index (χ4n) is 4.44. The maximum atomic E-state index is 12.6. The molecule has 1 unspecified atom stereocenters. The van der Waals surface area contributed by atoms with E-state index in [0.717, 1.165) is 27.8 Å². The molecule has 0 aliphatic carbocycles. The van der Waals surface area contributed by atoms with E-state index in [1.807, 2.05) is 24.4 Å². The Bertz CT molecular complexity index is 1320. The minimum Gasteiger partial charge on any atom is -0.468 e. The van der Waals surface area contributed by atoms with Gasteiger partial charge >= 0.3 is 5.97 Å². The van der Waals surface area contributed by atoms with Crippen LogP contribution in [0.2, 0.25) is 0 Å². The van der Waals surface area contributed by atoms with Crippen molar-refractivity contribution in [2.24, 2.45) is 0 Å². The Hall–Kier alpha value is -2.86. The van der Waals surface area contributed by atoms with Crippen LogP contribution in [0.15, 0.2) is 66.9 Å². The quantitative estimate of drug-likeness (QED) is 0.234. The summed E-state index contributed by atoms with van der Waals surface area (Å²) < 4.78 is 5.11.